The van der Waals surface area contributed by atoms with E-state index >= 15 is 4.79 Å². The number of hydrogen-bond donors (Lipinski definition) is 2. The number of alkyl carbamates (subject to hydrolysis) is 1. The van der Waals surface area contributed by atoms with Crippen LogP contribution in [-0.2, 0) is 47.5 Å². The molecule has 326 valence electrons. The Morgan fingerprint density at radius 3 is 2.10 bits per heavy atom. The van der Waals surface area contributed by atoms with Gasteiger partial charge in [-0.3, -0.25) is 9.59 Å². The highest BCUT2D eigenvalue weighted by molar-refractivity contribution is 5.92. The first kappa shape index (κ1) is 44.9. The van der Waals surface area contributed by atoms with Crippen molar-refractivity contribution in [3.8, 4) is 0 Å². The van der Waals surface area contributed by atoms with E-state index in [1.807, 2.05) is 0 Å². The standard InChI is InChI=1S/C46H59NO13/c1-25-30(57-40(51)35(55-11)34(28-18-14-12-15-19-28)47-41(52)60-42(4,5)6)23-46(53)38(58-39(50)29-20-16-13-17-21-29)36-44(9,37(49)26(2)33(25)43(46,7)8)31(54-10)22-32-45(36,24-56-32)59-27(3)48/h12-21,26,30-32,34-36,38,53H,22-24H2,1-11H3,(H,47,52)/t26-,30?,31+,32?,34+,35-,36+,38+,44-,45+,46-/m1/s1. The summed E-state index contributed by atoms with van der Waals surface area (Å²) >= 11 is 0. The van der Waals surface area contributed by atoms with Crippen molar-refractivity contribution < 1.29 is 62.2 Å². The van der Waals surface area contributed by atoms with Gasteiger partial charge in [0.2, 0.25) is 0 Å². The molecule has 3 fully saturated rings. The van der Waals surface area contributed by atoms with Gasteiger partial charge in [0.25, 0.3) is 0 Å². The molecular formula is C46H59NO13. The summed E-state index contributed by atoms with van der Waals surface area (Å²) in [5.74, 6) is -4.72. The van der Waals surface area contributed by atoms with E-state index in [0.29, 0.717) is 16.7 Å². The predicted molar refractivity (Wildman–Crippen MR) is 216 cm³/mol. The van der Waals surface area contributed by atoms with E-state index in [4.69, 9.17) is 33.2 Å². The Morgan fingerprint density at radius 2 is 1.57 bits per heavy atom. The van der Waals surface area contributed by atoms with Gasteiger partial charge in [0.05, 0.1) is 35.6 Å². The lowest BCUT2D eigenvalue weighted by atomic mass is 9.43. The van der Waals surface area contributed by atoms with Gasteiger partial charge >= 0.3 is 24.0 Å². The molecule has 1 aliphatic heterocycles. The summed E-state index contributed by atoms with van der Waals surface area (Å²) < 4.78 is 42.5. The van der Waals surface area contributed by atoms with Crippen LogP contribution >= 0.6 is 0 Å². The highest BCUT2D eigenvalue weighted by atomic mass is 16.6. The summed E-state index contributed by atoms with van der Waals surface area (Å²) in [4.78, 5) is 70.6. The zero-order chi connectivity index (χ0) is 44.2. The number of benzene rings is 2. The Hall–Kier alpha value is -4.63. The molecule has 60 heavy (non-hydrogen) atoms. The molecule has 0 aromatic heterocycles. The SMILES string of the molecule is CO[C@H]1CC2OC[C@@]2(OC(C)=O)[C@H]2[C@H](OC(=O)c3ccccc3)[C@]3(O)CC(OC(=O)[C@H](OC)[C@@H](NC(=O)OC(C)(C)C)c4ccccc4)C(C)=C([C@@H](C)C(=O)[C@]12C)C3(C)C. The lowest BCUT2D eigenvalue weighted by Gasteiger charge is -2.68. The highest BCUT2D eigenvalue weighted by Crippen LogP contribution is 2.65. The normalized spacial score (nSPS) is 33.0. The van der Waals surface area contributed by atoms with Crippen molar-refractivity contribution in [2.45, 2.75) is 129 Å². The van der Waals surface area contributed by atoms with Crippen molar-refractivity contribution in [2.75, 3.05) is 20.8 Å². The Labute approximate surface area is 351 Å². The van der Waals surface area contributed by atoms with Gasteiger partial charge in [-0.25, -0.2) is 14.4 Å². The number of Topliss-reactive ketones (excluding diaryl/α,β-unsaturated/α-hetero) is 1. The second kappa shape index (κ2) is 16.3. The van der Waals surface area contributed by atoms with Crippen LogP contribution in [0.5, 0.6) is 0 Å². The molecule has 0 spiro atoms. The van der Waals surface area contributed by atoms with E-state index in [0.717, 1.165) is 0 Å². The minimum Gasteiger partial charge on any atom is -0.456 e. The van der Waals surface area contributed by atoms with Crippen molar-refractivity contribution in [3.05, 3.63) is 82.9 Å². The fraction of sp³-hybridized carbons (Fsp3) is 0.587. The number of fused-ring (bicyclic) bond motifs is 5. The van der Waals surface area contributed by atoms with Crippen molar-refractivity contribution in [3.63, 3.8) is 0 Å². The van der Waals surface area contributed by atoms with Crippen LogP contribution in [0.4, 0.5) is 4.79 Å². The molecule has 1 saturated heterocycles. The number of esters is 3. The van der Waals surface area contributed by atoms with Gasteiger partial charge in [0.1, 0.15) is 35.3 Å². The van der Waals surface area contributed by atoms with E-state index in [2.05, 4.69) is 5.32 Å². The lowest BCUT2D eigenvalue weighted by molar-refractivity contribution is -0.346. The summed E-state index contributed by atoms with van der Waals surface area (Å²) in [6, 6.07) is 15.9. The number of amides is 1. The number of methoxy groups -OCH3 is 2. The molecular weight excluding hydrogens is 774 g/mol. The molecule has 2 bridgehead atoms. The summed E-state index contributed by atoms with van der Waals surface area (Å²) in [5, 5.41) is 16.5. The van der Waals surface area contributed by atoms with Crippen molar-refractivity contribution in [1.29, 1.82) is 0 Å². The number of carbonyl (C=O) groups is 5. The maximum Gasteiger partial charge on any atom is 0.408 e. The number of carbonyl (C=O) groups excluding carboxylic acids is 5. The predicted octanol–water partition coefficient (Wildman–Crippen LogP) is 5.84. The van der Waals surface area contributed by atoms with E-state index in [-0.39, 0.29) is 30.8 Å². The monoisotopic (exact) mass is 833 g/mol. The van der Waals surface area contributed by atoms with Crippen molar-refractivity contribution in [2.24, 2.45) is 22.7 Å². The molecule has 6 rings (SSSR count). The van der Waals surface area contributed by atoms with Gasteiger partial charge in [0.15, 0.2) is 11.7 Å². The van der Waals surface area contributed by atoms with E-state index in [1.54, 1.807) is 116 Å². The molecule has 2 aromatic rings. The maximum atomic E-state index is 15.5. The second-order valence-corrected chi connectivity index (χ2v) is 18.3. The summed E-state index contributed by atoms with van der Waals surface area (Å²) in [6.45, 7) is 15.0. The molecule has 0 radical (unpaired) electrons. The smallest absolute Gasteiger partial charge is 0.408 e. The van der Waals surface area contributed by atoms with Crippen LogP contribution < -0.4 is 5.32 Å². The van der Waals surface area contributed by atoms with Crippen molar-refractivity contribution in [1.82, 2.24) is 5.32 Å². The first-order valence-corrected chi connectivity index (χ1v) is 20.4. The largest absolute Gasteiger partial charge is 0.456 e. The number of hydrogen-bond acceptors (Lipinski definition) is 13. The molecule has 1 heterocycles. The van der Waals surface area contributed by atoms with E-state index in [1.165, 1.54) is 21.1 Å². The number of ketones is 1. The molecule has 3 aliphatic carbocycles. The summed E-state index contributed by atoms with van der Waals surface area (Å²) in [6.07, 6.45) is -6.67. The Bertz CT molecular complexity index is 2010. The van der Waals surface area contributed by atoms with Crippen LogP contribution in [0.3, 0.4) is 0 Å². The second-order valence-electron chi connectivity index (χ2n) is 18.3. The first-order chi connectivity index (χ1) is 28.1. The molecule has 11 atom stereocenters. The fourth-order valence-electron chi connectivity index (χ4n) is 10.6. The highest BCUT2D eigenvalue weighted by Gasteiger charge is 2.78. The summed E-state index contributed by atoms with van der Waals surface area (Å²) in [5.41, 5.74) is -5.57. The number of nitrogens with one attached hydrogen (secondary N) is 1. The molecule has 14 nitrogen and oxygen atoms in total. The number of aliphatic hydroxyl groups is 1. The molecule has 4 aliphatic rings. The average molecular weight is 834 g/mol. The molecule has 2 aromatic carbocycles. The van der Waals surface area contributed by atoms with Crippen LogP contribution in [0.2, 0.25) is 0 Å². The van der Waals surface area contributed by atoms with Gasteiger partial charge in [-0.1, -0.05) is 69.3 Å². The average Bonchev–Trinajstić information content (AvgIpc) is 3.17. The molecule has 2 unspecified atom stereocenters. The molecule has 2 saturated carbocycles. The van der Waals surface area contributed by atoms with Crippen molar-refractivity contribution >= 4 is 29.8 Å². The number of rotatable bonds is 10. The Kier molecular flexibility index (Phi) is 12.2. The Balaban J connectivity index is 1.51. The first-order valence-electron chi connectivity index (χ1n) is 20.4. The van der Waals surface area contributed by atoms with Gasteiger partial charge in [-0.2, -0.15) is 0 Å². The third kappa shape index (κ3) is 7.54. The minimum atomic E-state index is -2.10. The molecule has 14 heteroatoms. The van der Waals surface area contributed by atoms with E-state index in [9.17, 15) is 24.3 Å². The number of ether oxygens (including phenoxy) is 7. The molecule has 1 amide bonds. The van der Waals surface area contributed by atoms with Gasteiger partial charge in [0, 0.05) is 45.3 Å². The zero-order valence-electron chi connectivity index (χ0n) is 36.4. The van der Waals surface area contributed by atoms with Crippen LogP contribution in [0.25, 0.3) is 0 Å². The zero-order valence-corrected chi connectivity index (χ0v) is 36.4. The van der Waals surface area contributed by atoms with Gasteiger partial charge in [-0.15, -0.1) is 0 Å². The van der Waals surface area contributed by atoms with Gasteiger partial charge in [-0.05, 0) is 63.5 Å². The van der Waals surface area contributed by atoms with Crippen LogP contribution in [-0.4, -0.2) is 103 Å². The summed E-state index contributed by atoms with van der Waals surface area (Å²) in [7, 11) is 2.80. The minimum absolute atomic E-state index is 0.132. The van der Waals surface area contributed by atoms with Crippen LogP contribution in [0, 0.1) is 22.7 Å². The molecule has 2 N–H and O–H groups in total. The third-order valence-electron chi connectivity index (χ3n) is 13.4. The topological polar surface area (TPSA) is 182 Å². The van der Waals surface area contributed by atoms with Crippen LogP contribution in [0.15, 0.2) is 71.8 Å². The lowest BCUT2D eigenvalue weighted by Crippen LogP contribution is -2.81. The maximum absolute atomic E-state index is 15.5. The fourth-order valence-corrected chi connectivity index (χ4v) is 10.6. The van der Waals surface area contributed by atoms with Crippen LogP contribution in [0.1, 0.15) is 97.1 Å². The van der Waals surface area contributed by atoms with Gasteiger partial charge < -0.3 is 43.6 Å². The van der Waals surface area contributed by atoms with E-state index < -0.39 is 100 Å². The quantitative estimate of drug-likeness (QED) is 0.166. The Morgan fingerprint density at radius 1 is 0.950 bits per heavy atom. The third-order valence-corrected chi connectivity index (χ3v) is 13.4.